The largest absolute Gasteiger partial charge is 0.293 e. The molecule has 0 aliphatic heterocycles. The molecule has 0 aliphatic carbocycles. The predicted octanol–water partition coefficient (Wildman–Crippen LogP) is 3.30. The Morgan fingerprint density at radius 2 is 1.23 bits per heavy atom. The molecule has 5 nitrogen and oxygen atoms in total. The summed E-state index contributed by atoms with van der Waals surface area (Å²) in [4.78, 5) is 23.5. The van der Waals surface area contributed by atoms with E-state index in [9.17, 15) is 20.2 Å². The van der Waals surface area contributed by atoms with Gasteiger partial charge in [0.2, 0.25) is 6.54 Å². The maximum atomic E-state index is 13.3. The molecule has 3 aromatic rings. The van der Waals surface area contributed by atoms with Gasteiger partial charge in [-0.2, -0.15) is 5.26 Å². The first-order valence-electron chi connectivity index (χ1n) is 9.59. The van der Waals surface area contributed by atoms with Crippen molar-refractivity contribution in [3.05, 3.63) is 101 Å². The Kier molecular flexibility index (Phi) is 6.95. The summed E-state index contributed by atoms with van der Waals surface area (Å²) in [6.07, 6.45) is 0.0769. The summed E-state index contributed by atoms with van der Waals surface area (Å²) in [5.74, 6) is -0.329. The van der Waals surface area contributed by atoms with Crippen LogP contribution in [0.3, 0.4) is 0 Å². The highest BCUT2D eigenvalue weighted by Crippen LogP contribution is 2.46. The molecule has 30 heavy (non-hydrogen) atoms. The molecule has 0 unspecified atom stereocenters. The number of carbonyl (C=O) groups is 1. The van der Waals surface area contributed by atoms with Crippen LogP contribution < -0.4 is 15.9 Å². The van der Waals surface area contributed by atoms with Crippen molar-refractivity contribution in [2.24, 2.45) is 0 Å². The topological polar surface area (TPSA) is 84.0 Å². The van der Waals surface area contributed by atoms with Crippen molar-refractivity contribution in [1.29, 1.82) is 5.26 Å². The molecule has 0 bridgehead atoms. The summed E-state index contributed by atoms with van der Waals surface area (Å²) in [5, 5.41) is 23.8. The quantitative estimate of drug-likeness (QED) is 0.320. The lowest BCUT2D eigenvalue weighted by atomic mass is 10.2. The molecular formula is C24H21N2O3P. The van der Waals surface area contributed by atoms with Gasteiger partial charge in [0.25, 0.3) is 0 Å². The maximum Gasteiger partial charge on any atom is 0.204 e. The second-order valence-corrected chi connectivity index (χ2v) is 10.1. The van der Waals surface area contributed by atoms with Crippen LogP contribution in [0, 0.1) is 21.4 Å². The Hall–Kier alpha value is -3.48. The number of benzene rings is 3. The van der Waals surface area contributed by atoms with Gasteiger partial charge < -0.3 is 0 Å². The first-order valence-corrected chi connectivity index (χ1v) is 11.4. The number of nitrogens with zero attached hydrogens (tertiary/aromatic N) is 2. The molecule has 0 heterocycles. The van der Waals surface area contributed by atoms with E-state index in [-0.39, 0.29) is 30.5 Å². The number of hydrogen-bond donors (Lipinski definition) is 0. The standard InChI is InChI=1S/C24H21N2O3P/c25-19-24(23(27)17-10-18-26(28)29)30(20-11-4-1-5-12-20,21-13-6-2-7-14-21)22-15-8-3-9-16-22/h1-9,11-16H,10,17-18H2. The zero-order chi connectivity index (χ0) is 21.4. The minimum Gasteiger partial charge on any atom is -0.293 e. The highest BCUT2D eigenvalue weighted by molar-refractivity contribution is 7.96. The van der Waals surface area contributed by atoms with E-state index in [1.807, 2.05) is 91.0 Å². The fraction of sp³-hybridized carbons (Fsp3) is 0.125. The van der Waals surface area contributed by atoms with Crippen LogP contribution in [0.1, 0.15) is 12.8 Å². The molecule has 0 fully saturated rings. The van der Waals surface area contributed by atoms with Gasteiger partial charge in [0.15, 0.2) is 5.78 Å². The number of hydrogen-bond acceptors (Lipinski definition) is 4. The molecule has 150 valence electrons. The summed E-state index contributed by atoms with van der Waals surface area (Å²) in [7, 11) is 0. The van der Waals surface area contributed by atoms with Crippen molar-refractivity contribution in [1.82, 2.24) is 0 Å². The summed E-state index contributed by atoms with van der Waals surface area (Å²) in [6.45, 7) is -3.04. The van der Waals surface area contributed by atoms with Crippen LogP contribution in [0.5, 0.6) is 0 Å². The Balaban J connectivity index is 2.38. The van der Waals surface area contributed by atoms with Gasteiger partial charge in [-0.3, -0.25) is 14.9 Å². The lowest BCUT2D eigenvalue weighted by Gasteiger charge is -2.30. The lowest BCUT2D eigenvalue weighted by Crippen LogP contribution is -2.33. The zero-order valence-electron chi connectivity index (χ0n) is 16.3. The van der Waals surface area contributed by atoms with Gasteiger partial charge in [-0.15, -0.1) is 0 Å². The van der Waals surface area contributed by atoms with Gasteiger partial charge in [0.05, 0.1) is 0 Å². The van der Waals surface area contributed by atoms with Gasteiger partial charge in [-0.25, -0.2) is 0 Å². The van der Waals surface area contributed by atoms with Crippen molar-refractivity contribution in [2.45, 2.75) is 12.8 Å². The van der Waals surface area contributed by atoms with Crippen LogP contribution in [-0.4, -0.2) is 22.5 Å². The average Bonchev–Trinajstić information content (AvgIpc) is 2.79. The van der Waals surface area contributed by atoms with E-state index < -0.39 is 11.8 Å². The number of nitriles is 1. The summed E-state index contributed by atoms with van der Waals surface area (Å²) in [5.41, 5.74) is 0. The second kappa shape index (κ2) is 9.82. The van der Waals surface area contributed by atoms with Gasteiger partial charge in [-0.05, 0) is 22.8 Å². The Morgan fingerprint density at radius 3 is 1.57 bits per heavy atom. The number of carbonyl (C=O) groups excluding carboxylic acids is 1. The minimum atomic E-state index is -2.75. The first-order chi connectivity index (χ1) is 14.6. The number of rotatable bonds is 8. The van der Waals surface area contributed by atoms with Crippen molar-refractivity contribution in [2.75, 3.05) is 6.54 Å². The van der Waals surface area contributed by atoms with Crippen LogP contribution in [0.15, 0.2) is 91.0 Å². The molecule has 0 radical (unpaired) electrons. The number of ketones is 1. The van der Waals surface area contributed by atoms with Crippen LogP contribution in [0.25, 0.3) is 0 Å². The Labute approximate surface area is 175 Å². The SMILES string of the molecule is N#CC(C(=O)CCC[N+](=O)[O-])=P(c1ccccc1)(c1ccccc1)c1ccccc1. The smallest absolute Gasteiger partial charge is 0.204 e. The molecule has 0 N–H and O–H groups in total. The molecule has 0 spiro atoms. The van der Waals surface area contributed by atoms with Crippen LogP contribution in [0.4, 0.5) is 0 Å². The van der Waals surface area contributed by atoms with Crippen molar-refractivity contribution < 1.29 is 9.72 Å². The average molecular weight is 416 g/mol. The second-order valence-electron chi connectivity index (χ2n) is 6.72. The van der Waals surface area contributed by atoms with E-state index in [1.54, 1.807) is 0 Å². The molecule has 3 rings (SSSR count). The summed E-state index contributed by atoms with van der Waals surface area (Å²) < 4.78 is 0. The third-order valence-electron chi connectivity index (χ3n) is 4.88. The molecule has 0 amide bonds. The molecule has 0 aliphatic rings. The summed E-state index contributed by atoms with van der Waals surface area (Å²) in [6, 6.07) is 31.1. The third kappa shape index (κ3) is 4.25. The Morgan fingerprint density at radius 1 is 0.833 bits per heavy atom. The van der Waals surface area contributed by atoms with E-state index in [4.69, 9.17) is 0 Å². The van der Waals surface area contributed by atoms with Crippen molar-refractivity contribution >= 4 is 33.9 Å². The van der Waals surface area contributed by atoms with Crippen LogP contribution in [-0.2, 0) is 4.79 Å². The fourth-order valence-corrected chi connectivity index (χ4v) is 7.76. The molecule has 0 atom stereocenters. The Bertz CT molecular complexity index is 1020. The third-order valence-corrected chi connectivity index (χ3v) is 9.12. The van der Waals surface area contributed by atoms with E-state index >= 15 is 0 Å². The molecule has 0 aromatic heterocycles. The lowest BCUT2D eigenvalue weighted by molar-refractivity contribution is -0.480. The van der Waals surface area contributed by atoms with Gasteiger partial charge in [0.1, 0.15) is 11.4 Å². The van der Waals surface area contributed by atoms with Gasteiger partial charge in [-0.1, -0.05) is 91.0 Å². The van der Waals surface area contributed by atoms with Crippen LogP contribution in [0.2, 0.25) is 0 Å². The molecule has 0 saturated heterocycles. The molecule has 0 saturated carbocycles. The van der Waals surface area contributed by atoms with E-state index in [0.29, 0.717) is 0 Å². The van der Waals surface area contributed by atoms with Gasteiger partial charge in [0, 0.05) is 17.8 Å². The predicted molar refractivity (Wildman–Crippen MR) is 122 cm³/mol. The van der Waals surface area contributed by atoms with Crippen molar-refractivity contribution in [3.8, 4) is 6.07 Å². The van der Waals surface area contributed by atoms with E-state index in [0.717, 1.165) is 15.9 Å². The number of Topliss-reactive ketones (excluding diaryl/α,β-unsaturated/α-hetero) is 1. The zero-order valence-corrected chi connectivity index (χ0v) is 17.2. The highest BCUT2D eigenvalue weighted by Gasteiger charge is 2.33. The first kappa shape index (κ1) is 21.2. The molecule has 6 heteroatoms. The normalized spacial score (nSPS) is 10.8. The molecule has 3 aromatic carbocycles. The highest BCUT2D eigenvalue weighted by atomic mass is 31.2. The minimum absolute atomic E-state index is 0.0296. The van der Waals surface area contributed by atoms with E-state index in [2.05, 4.69) is 6.07 Å². The van der Waals surface area contributed by atoms with Crippen molar-refractivity contribution in [3.63, 3.8) is 0 Å². The monoisotopic (exact) mass is 416 g/mol. The number of nitro groups is 1. The van der Waals surface area contributed by atoms with E-state index in [1.165, 1.54) is 0 Å². The maximum absolute atomic E-state index is 13.3. The van der Waals surface area contributed by atoms with Gasteiger partial charge >= 0.3 is 0 Å². The fourth-order valence-electron chi connectivity index (χ4n) is 3.60. The van der Waals surface area contributed by atoms with Crippen LogP contribution >= 0.6 is 6.89 Å². The summed E-state index contributed by atoms with van der Waals surface area (Å²) >= 11 is 0. The molecular weight excluding hydrogens is 395 g/mol.